The first-order valence-electron chi connectivity index (χ1n) is 9.42. The van der Waals surface area contributed by atoms with Crippen molar-refractivity contribution >= 4 is 0 Å². The van der Waals surface area contributed by atoms with Gasteiger partial charge in [0, 0.05) is 71.8 Å². The maximum Gasteiger partial charge on any atom is 0.159 e. The Labute approximate surface area is 173 Å². The molecule has 0 saturated carbocycles. The van der Waals surface area contributed by atoms with Gasteiger partial charge < -0.3 is 0 Å². The topological polar surface area (TPSA) is 77.3 Å². The van der Waals surface area contributed by atoms with Gasteiger partial charge in [0.2, 0.25) is 0 Å². The number of hydrogen-bond donors (Lipinski definition) is 0. The van der Waals surface area contributed by atoms with Crippen LogP contribution >= 0.6 is 0 Å². The third-order valence-electron chi connectivity index (χ3n) is 4.73. The van der Waals surface area contributed by atoms with Gasteiger partial charge in [0.25, 0.3) is 0 Å². The van der Waals surface area contributed by atoms with Crippen molar-refractivity contribution in [2.75, 3.05) is 0 Å². The second-order valence-electron chi connectivity index (χ2n) is 6.64. The van der Waals surface area contributed by atoms with Crippen LogP contribution in [-0.4, -0.2) is 29.9 Å². The van der Waals surface area contributed by atoms with Gasteiger partial charge in [-0.25, -0.2) is 19.9 Å². The van der Waals surface area contributed by atoms with Gasteiger partial charge in [-0.05, 0) is 35.4 Å². The molecule has 0 atom stereocenters. The fourth-order valence-corrected chi connectivity index (χ4v) is 3.11. The van der Waals surface area contributed by atoms with Crippen molar-refractivity contribution in [1.82, 2.24) is 29.9 Å². The molecule has 0 spiro atoms. The van der Waals surface area contributed by atoms with Crippen molar-refractivity contribution in [3.05, 3.63) is 98.1 Å². The molecule has 0 radical (unpaired) electrons. The Morgan fingerprint density at radius 3 is 1.00 bits per heavy atom. The van der Waals surface area contributed by atoms with Crippen molar-refractivity contribution in [1.29, 1.82) is 0 Å². The monoisotopic (exact) mass is 388 g/mol. The SMILES string of the molecule is c1cc(-c2cnc(-c3ccc(-c4ncc(-c5ccncc5)cn4)cc3)nc2)ccn1. The molecule has 142 valence electrons. The molecular formula is C24H16N6. The molecule has 0 saturated heterocycles. The van der Waals surface area contributed by atoms with E-state index in [4.69, 9.17) is 0 Å². The van der Waals surface area contributed by atoms with Gasteiger partial charge in [-0.15, -0.1) is 0 Å². The fraction of sp³-hybridized carbons (Fsp3) is 0. The molecule has 1 aromatic carbocycles. The zero-order valence-electron chi connectivity index (χ0n) is 15.9. The molecule has 30 heavy (non-hydrogen) atoms. The van der Waals surface area contributed by atoms with Crippen molar-refractivity contribution in [2.45, 2.75) is 0 Å². The largest absolute Gasteiger partial charge is 0.265 e. The van der Waals surface area contributed by atoms with E-state index in [0.29, 0.717) is 11.6 Å². The first-order valence-corrected chi connectivity index (χ1v) is 9.42. The minimum Gasteiger partial charge on any atom is -0.265 e. The summed E-state index contributed by atoms with van der Waals surface area (Å²) in [5.41, 5.74) is 5.88. The molecule has 0 unspecified atom stereocenters. The number of hydrogen-bond acceptors (Lipinski definition) is 6. The van der Waals surface area contributed by atoms with E-state index in [0.717, 1.165) is 33.4 Å². The lowest BCUT2D eigenvalue weighted by Crippen LogP contribution is -1.92. The minimum absolute atomic E-state index is 0.674. The van der Waals surface area contributed by atoms with Gasteiger partial charge in [0.1, 0.15) is 0 Å². The smallest absolute Gasteiger partial charge is 0.159 e. The van der Waals surface area contributed by atoms with E-state index in [9.17, 15) is 0 Å². The summed E-state index contributed by atoms with van der Waals surface area (Å²) in [6.07, 6.45) is 14.3. The van der Waals surface area contributed by atoms with Crippen LogP contribution in [0.25, 0.3) is 45.0 Å². The summed E-state index contributed by atoms with van der Waals surface area (Å²) in [6.45, 7) is 0. The predicted octanol–water partition coefficient (Wildman–Crippen LogP) is 4.72. The maximum absolute atomic E-state index is 4.51. The summed E-state index contributed by atoms with van der Waals surface area (Å²) >= 11 is 0. The average molecular weight is 388 g/mol. The molecular weight excluding hydrogens is 372 g/mol. The van der Waals surface area contributed by atoms with E-state index >= 15 is 0 Å². The molecule has 0 amide bonds. The Bertz CT molecular complexity index is 1140. The van der Waals surface area contributed by atoms with E-state index in [1.807, 2.05) is 73.3 Å². The van der Waals surface area contributed by atoms with Crippen molar-refractivity contribution in [3.63, 3.8) is 0 Å². The fourth-order valence-electron chi connectivity index (χ4n) is 3.11. The zero-order chi connectivity index (χ0) is 20.2. The van der Waals surface area contributed by atoms with Crippen molar-refractivity contribution < 1.29 is 0 Å². The summed E-state index contributed by atoms with van der Waals surface area (Å²) in [5, 5.41) is 0. The maximum atomic E-state index is 4.51. The molecule has 0 fully saturated rings. The molecule has 5 aromatic rings. The van der Waals surface area contributed by atoms with Crippen LogP contribution in [0.1, 0.15) is 0 Å². The molecule has 0 bridgehead atoms. The van der Waals surface area contributed by atoms with Crippen LogP contribution in [0.5, 0.6) is 0 Å². The number of nitrogens with zero attached hydrogens (tertiary/aromatic N) is 6. The molecule has 4 aromatic heterocycles. The Kier molecular flexibility index (Phi) is 4.72. The standard InChI is InChI=1S/C24H16N6/c1-2-20(24-29-15-22(16-30-24)18-7-11-26-12-8-18)4-3-19(1)23-27-13-21(14-28-23)17-5-9-25-10-6-17/h1-16H. The van der Waals surface area contributed by atoms with E-state index in [2.05, 4.69) is 29.9 Å². The van der Waals surface area contributed by atoms with Gasteiger partial charge in [-0.1, -0.05) is 24.3 Å². The summed E-state index contributed by atoms with van der Waals surface area (Å²) in [5.74, 6) is 1.35. The number of benzene rings is 1. The van der Waals surface area contributed by atoms with Crippen LogP contribution in [-0.2, 0) is 0 Å². The third kappa shape index (κ3) is 3.66. The van der Waals surface area contributed by atoms with E-state index < -0.39 is 0 Å². The van der Waals surface area contributed by atoms with E-state index in [1.165, 1.54) is 0 Å². The van der Waals surface area contributed by atoms with Crippen LogP contribution in [0.2, 0.25) is 0 Å². The second-order valence-corrected chi connectivity index (χ2v) is 6.64. The molecule has 0 N–H and O–H groups in total. The lowest BCUT2D eigenvalue weighted by molar-refractivity contribution is 1.17. The molecule has 5 rings (SSSR count). The highest BCUT2D eigenvalue weighted by Crippen LogP contribution is 2.23. The highest BCUT2D eigenvalue weighted by Gasteiger charge is 2.06. The minimum atomic E-state index is 0.674. The summed E-state index contributed by atoms with van der Waals surface area (Å²) in [4.78, 5) is 26.1. The van der Waals surface area contributed by atoms with E-state index in [-0.39, 0.29) is 0 Å². The van der Waals surface area contributed by atoms with Gasteiger partial charge >= 0.3 is 0 Å². The number of pyridine rings is 2. The third-order valence-corrected chi connectivity index (χ3v) is 4.73. The lowest BCUT2D eigenvalue weighted by atomic mass is 10.1. The van der Waals surface area contributed by atoms with Crippen LogP contribution in [0.4, 0.5) is 0 Å². The quantitative estimate of drug-likeness (QED) is 0.443. The highest BCUT2D eigenvalue weighted by molar-refractivity contribution is 5.67. The van der Waals surface area contributed by atoms with Crippen molar-refractivity contribution in [3.8, 4) is 45.0 Å². The Hall–Kier alpha value is -4.32. The first kappa shape index (κ1) is 17.8. The highest BCUT2D eigenvalue weighted by atomic mass is 14.9. The van der Waals surface area contributed by atoms with Crippen LogP contribution in [0.3, 0.4) is 0 Å². The predicted molar refractivity (Wildman–Crippen MR) is 115 cm³/mol. The Balaban J connectivity index is 1.35. The summed E-state index contributed by atoms with van der Waals surface area (Å²) in [7, 11) is 0. The second kappa shape index (κ2) is 7.97. The van der Waals surface area contributed by atoms with Gasteiger partial charge in [-0.2, -0.15) is 0 Å². The molecule has 0 aliphatic carbocycles. The van der Waals surface area contributed by atoms with Crippen LogP contribution < -0.4 is 0 Å². The van der Waals surface area contributed by atoms with Gasteiger partial charge in [-0.3, -0.25) is 9.97 Å². The Morgan fingerprint density at radius 1 is 0.333 bits per heavy atom. The number of rotatable bonds is 4. The Morgan fingerprint density at radius 2 is 0.667 bits per heavy atom. The van der Waals surface area contributed by atoms with Gasteiger partial charge in [0.15, 0.2) is 11.6 Å². The van der Waals surface area contributed by atoms with Gasteiger partial charge in [0.05, 0.1) is 0 Å². The lowest BCUT2D eigenvalue weighted by Gasteiger charge is -2.05. The molecule has 6 heteroatoms. The van der Waals surface area contributed by atoms with Crippen molar-refractivity contribution in [2.24, 2.45) is 0 Å². The summed E-state index contributed by atoms with van der Waals surface area (Å²) < 4.78 is 0. The zero-order valence-corrected chi connectivity index (χ0v) is 15.9. The van der Waals surface area contributed by atoms with Crippen LogP contribution in [0.15, 0.2) is 98.1 Å². The first-order chi connectivity index (χ1) is 14.9. The van der Waals surface area contributed by atoms with Crippen LogP contribution in [0, 0.1) is 0 Å². The molecule has 0 aliphatic rings. The average Bonchev–Trinajstić information content (AvgIpc) is 2.85. The molecule has 6 nitrogen and oxygen atoms in total. The number of aromatic nitrogens is 6. The summed E-state index contributed by atoms with van der Waals surface area (Å²) in [6, 6.07) is 15.7. The molecule has 0 aliphatic heterocycles. The van der Waals surface area contributed by atoms with E-state index in [1.54, 1.807) is 24.8 Å². The molecule has 4 heterocycles. The normalized spacial score (nSPS) is 10.7.